The Morgan fingerprint density at radius 1 is 1.30 bits per heavy atom. The maximum atomic E-state index is 11.8. The molecule has 8 heteroatoms. The molecule has 2 aromatic heterocycles. The molecule has 23 heavy (non-hydrogen) atoms. The topological polar surface area (TPSA) is 85.8 Å². The van der Waals surface area contributed by atoms with Crippen LogP contribution in [-0.2, 0) is 11.3 Å². The van der Waals surface area contributed by atoms with Crippen molar-refractivity contribution in [3.63, 3.8) is 0 Å². The molecule has 2 heterocycles. The molecule has 0 aliphatic heterocycles. The Morgan fingerprint density at radius 2 is 2.00 bits per heavy atom. The van der Waals surface area contributed by atoms with Crippen LogP contribution in [0.15, 0.2) is 30.7 Å². The van der Waals surface area contributed by atoms with E-state index in [4.69, 9.17) is 5.73 Å². The summed E-state index contributed by atoms with van der Waals surface area (Å²) in [6, 6.07) is 3.69. The third-order valence-corrected chi connectivity index (χ3v) is 3.55. The molecule has 3 N–H and O–H groups in total. The number of pyridine rings is 1. The minimum absolute atomic E-state index is 0. The highest BCUT2D eigenvalue weighted by molar-refractivity contribution is 5.85. The first kappa shape index (κ1) is 21.4. The van der Waals surface area contributed by atoms with Crippen molar-refractivity contribution < 1.29 is 4.79 Å². The molecule has 0 radical (unpaired) electrons. The maximum absolute atomic E-state index is 11.8. The summed E-state index contributed by atoms with van der Waals surface area (Å²) in [4.78, 5) is 20.4. The van der Waals surface area contributed by atoms with E-state index < -0.39 is 0 Å². The van der Waals surface area contributed by atoms with Crippen molar-refractivity contribution in [1.82, 2.24) is 19.9 Å². The third-order valence-electron chi connectivity index (χ3n) is 3.55. The molecule has 0 fully saturated rings. The van der Waals surface area contributed by atoms with Crippen LogP contribution in [0.5, 0.6) is 0 Å². The molecule has 2 unspecified atom stereocenters. The number of hydrogen-bond donors (Lipinski definition) is 2. The van der Waals surface area contributed by atoms with Crippen LogP contribution in [0.2, 0.25) is 0 Å². The fraction of sp³-hybridized carbons (Fsp3) is 0.400. The summed E-state index contributed by atoms with van der Waals surface area (Å²) in [6.45, 7) is 6.02. The summed E-state index contributed by atoms with van der Waals surface area (Å²) >= 11 is 0. The lowest BCUT2D eigenvalue weighted by Gasteiger charge is -2.15. The molecule has 0 saturated carbocycles. The van der Waals surface area contributed by atoms with Crippen LogP contribution in [0, 0.1) is 12.8 Å². The van der Waals surface area contributed by atoms with Gasteiger partial charge in [0.25, 0.3) is 0 Å². The molecule has 1 amide bonds. The van der Waals surface area contributed by atoms with E-state index in [0.29, 0.717) is 6.54 Å². The number of carbonyl (C=O) groups is 1. The van der Waals surface area contributed by atoms with Gasteiger partial charge in [-0.3, -0.25) is 9.36 Å². The fourth-order valence-corrected chi connectivity index (χ4v) is 1.87. The predicted octanol–water partition coefficient (Wildman–Crippen LogP) is 2.02. The Labute approximate surface area is 148 Å². The Morgan fingerprint density at radius 3 is 2.48 bits per heavy atom. The van der Waals surface area contributed by atoms with Crippen molar-refractivity contribution in [3.8, 4) is 5.82 Å². The van der Waals surface area contributed by atoms with E-state index in [1.165, 1.54) is 0 Å². The maximum Gasteiger partial charge on any atom is 0.224 e. The number of nitrogens with one attached hydrogen (secondary N) is 1. The van der Waals surface area contributed by atoms with Crippen molar-refractivity contribution in [3.05, 3.63) is 42.1 Å². The largest absolute Gasteiger partial charge is 0.352 e. The lowest BCUT2D eigenvalue weighted by Crippen LogP contribution is -2.38. The van der Waals surface area contributed by atoms with Crippen LogP contribution in [0.25, 0.3) is 5.82 Å². The molecule has 128 valence electrons. The molecule has 0 aliphatic carbocycles. The van der Waals surface area contributed by atoms with E-state index in [1.807, 2.05) is 43.7 Å². The minimum Gasteiger partial charge on any atom is -0.352 e. The Hall–Kier alpha value is -1.63. The SMILES string of the molecule is Cc1nccn1-c1ccc(CNC(=O)C(C)C(C)N)cn1.Cl.Cl. The van der Waals surface area contributed by atoms with E-state index in [1.54, 1.807) is 12.4 Å². The Bertz CT molecular complexity index is 613. The van der Waals surface area contributed by atoms with Crippen molar-refractivity contribution in [2.75, 3.05) is 0 Å². The molecule has 0 aromatic carbocycles. The smallest absolute Gasteiger partial charge is 0.224 e. The van der Waals surface area contributed by atoms with E-state index in [0.717, 1.165) is 17.2 Å². The van der Waals surface area contributed by atoms with E-state index >= 15 is 0 Å². The molecule has 0 aliphatic rings. The molecule has 2 aromatic rings. The number of amides is 1. The first-order valence-electron chi connectivity index (χ1n) is 6.97. The van der Waals surface area contributed by atoms with Crippen LogP contribution >= 0.6 is 24.8 Å². The number of nitrogens with two attached hydrogens (primary N) is 1. The predicted molar refractivity (Wildman–Crippen MR) is 95.3 cm³/mol. The number of halogens is 2. The Balaban J connectivity index is 0.00000242. The van der Waals surface area contributed by atoms with Gasteiger partial charge in [0.2, 0.25) is 5.91 Å². The molecule has 2 rings (SSSR count). The van der Waals surface area contributed by atoms with Gasteiger partial charge >= 0.3 is 0 Å². The minimum atomic E-state index is -0.203. The van der Waals surface area contributed by atoms with Gasteiger partial charge in [0.05, 0.1) is 0 Å². The van der Waals surface area contributed by atoms with Crippen molar-refractivity contribution in [2.24, 2.45) is 11.7 Å². The third kappa shape index (κ3) is 5.49. The number of aromatic nitrogens is 3. The number of aryl methyl sites for hydroxylation is 1. The van der Waals surface area contributed by atoms with Gasteiger partial charge in [0.15, 0.2) is 0 Å². The van der Waals surface area contributed by atoms with Gasteiger partial charge < -0.3 is 11.1 Å². The quantitative estimate of drug-likeness (QED) is 0.854. The van der Waals surface area contributed by atoms with Gasteiger partial charge in [-0.25, -0.2) is 9.97 Å². The molecule has 6 nitrogen and oxygen atoms in total. The monoisotopic (exact) mass is 359 g/mol. The molecular weight excluding hydrogens is 337 g/mol. The number of nitrogens with zero attached hydrogens (tertiary/aromatic N) is 3. The number of hydrogen-bond acceptors (Lipinski definition) is 4. The van der Waals surface area contributed by atoms with Crippen LogP contribution in [0.4, 0.5) is 0 Å². The molecule has 2 atom stereocenters. The highest BCUT2D eigenvalue weighted by atomic mass is 35.5. The number of imidazole rings is 1. The van der Waals surface area contributed by atoms with Gasteiger partial charge in [0, 0.05) is 37.1 Å². The van der Waals surface area contributed by atoms with E-state index in [2.05, 4.69) is 15.3 Å². The Kier molecular flexibility index (Phi) is 8.82. The summed E-state index contributed by atoms with van der Waals surface area (Å²) < 4.78 is 1.90. The van der Waals surface area contributed by atoms with Gasteiger partial charge in [-0.2, -0.15) is 0 Å². The molecule has 0 saturated heterocycles. The van der Waals surface area contributed by atoms with Crippen LogP contribution < -0.4 is 11.1 Å². The zero-order valence-electron chi connectivity index (χ0n) is 13.4. The normalized spacial score (nSPS) is 12.5. The number of rotatable bonds is 5. The molecule has 0 bridgehead atoms. The lowest BCUT2D eigenvalue weighted by atomic mass is 10.0. The van der Waals surface area contributed by atoms with Gasteiger partial charge in [-0.1, -0.05) is 13.0 Å². The average molecular weight is 360 g/mol. The standard InChI is InChI=1S/C15H21N5O.2ClH/c1-10(11(2)16)15(21)19-9-13-4-5-14(18-8-13)20-7-6-17-12(20)3;;/h4-8,10-11H,9,16H2,1-3H3,(H,19,21);2*1H. The first-order chi connectivity index (χ1) is 9.99. The van der Waals surface area contributed by atoms with E-state index in [-0.39, 0.29) is 42.7 Å². The summed E-state index contributed by atoms with van der Waals surface area (Å²) in [6.07, 6.45) is 5.36. The van der Waals surface area contributed by atoms with Gasteiger partial charge in [-0.15, -0.1) is 24.8 Å². The lowest BCUT2D eigenvalue weighted by molar-refractivity contribution is -0.125. The second-order valence-electron chi connectivity index (χ2n) is 5.23. The van der Waals surface area contributed by atoms with Gasteiger partial charge in [0.1, 0.15) is 11.6 Å². The van der Waals surface area contributed by atoms with Crippen LogP contribution in [0.3, 0.4) is 0 Å². The van der Waals surface area contributed by atoms with Gasteiger partial charge in [-0.05, 0) is 25.5 Å². The zero-order chi connectivity index (χ0) is 15.4. The van der Waals surface area contributed by atoms with Crippen molar-refractivity contribution >= 4 is 30.7 Å². The highest BCUT2D eigenvalue weighted by Gasteiger charge is 2.16. The number of carbonyl (C=O) groups excluding carboxylic acids is 1. The second kappa shape index (κ2) is 9.50. The second-order valence-corrected chi connectivity index (χ2v) is 5.23. The van der Waals surface area contributed by atoms with Crippen molar-refractivity contribution in [1.29, 1.82) is 0 Å². The van der Waals surface area contributed by atoms with Crippen molar-refractivity contribution in [2.45, 2.75) is 33.4 Å². The average Bonchev–Trinajstić information content (AvgIpc) is 2.90. The molecule has 0 spiro atoms. The summed E-state index contributed by atoms with van der Waals surface area (Å²) in [5, 5.41) is 2.87. The highest BCUT2D eigenvalue weighted by Crippen LogP contribution is 2.08. The summed E-state index contributed by atoms with van der Waals surface area (Å²) in [5.41, 5.74) is 6.66. The molecular formula is C15H23Cl2N5O. The fourth-order valence-electron chi connectivity index (χ4n) is 1.87. The summed E-state index contributed by atoms with van der Waals surface area (Å²) in [7, 11) is 0. The van der Waals surface area contributed by atoms with E-state index in [9.17, 15) is 4.79 Å². The van der Waals surface area contributed by atoms with Crippen LogP contribution in [-0.4, -0.2) is 26.5 Å². The summed E-state index contributed by atoms with van der Waals surface area (Å²) in [5.74, 6) is 1.45. The van der Waals surface area contributed by atoms with Crippen LogP contribution in [0.1, 0.15) is 25.2 Å². The zero-order valence-corrected chi connectivity index (χ0v) is 15.0. The first-order valence-corrected chi connectivity index (χ1v) is 6.97.